The Bertz CT molecular complexity index is 1230. The average molecular weight is 388 g/mol. The summed E-state index contributed by atoms with van der Waals surface area (Å²) < 4.78 is 10.6. The molecule has 0 aliphatic carbocycles. The molecular weight excluding hydrogens is 368 g/mol. The van der Waals surface area contributed by atoms with Gasteiger partial charge in [0.15, 0.2) is 5.76 Å². The van der Waals surface area contributed by atoms with Gasteiger partial charge < -0.3 is 19.0 Å². The van der Waals surface area contributed by atoms with Gasteiger partial charge in [0.25, 0.3) is 11.5 Å². The van der Waals surface area contributed by atoms with E-state index in [4.69, 9.17) is 9.15 Å². The fraction of sp³-hybridized carbons (Fsp3) is 0.130. The Labute approximate surface area is 167 Å². The maximum absolute atomic E-state index is 13.1. The smallest absolute Gasteiger partial charge is 0.294 e. The number of carbonyl (C=O) groups is 1. The Morgan fingerprint density at radius 3 is 2.69 bits per heavy atom. The summed E-state index contributed by atoms with van der Waals surface area (Å²) in [5.74, 6) is 0.592. The Hall–Kier alpha value is -3.80. The molecule has 4 aromatic rings. The molecule has 0 unspecified atom stereocenters. The number of hydrogen-bond donors (Lipinski definition) is 1. The van der Waals surface area contributed by atoms with Gasteiger partial charge >= 0.3 is 0 Å². The SMILES string of the molecule is COc1ccc2[nH]c(=O)c(CN(C(=O)c3ccco3)c3cccc(C)c3)cc2c1. The third-order valence-corrected chi connectivity index (χ3v) is 4.75. The number of fused-ring (bicyclic) bond motifs is 1. The predicted molar refractivity (Wildman–Crippen MR) is 112 cm³/mol. The number of hydrogen-bond acceptors (Lipinski definition) is 4. The number of nitrogens with zero attached hydrogens (tertiary/aromatic N) is 1. The van der Waals surface area contributed by atoms with Crippen LogP contribution in [0.4, 0.5) is 5.69 Å². The van der Waals surface area contributed by atoms with Crippen LogP contribution in [0.2, 0.25) is 0 Å². The lowest BCUT2D eigenvalue weighted by Crippen LogP contribution is -2.32. The highest BCUT2D eigenvalue weighted by Gasteiger charge is 2.22. The zero-order valence-corrected chi connectivity index (χ0v) is 16.1. The highest BCUT2D eigenvalue weighted by molar-refractivity contribution is 6.04. The molecule has 2 aromatic heterocycles. The Balaban J connectivity index is 1.78. The monoisotopic (exact) mass is 388 g/mol. The van der Waals surface area contributed by atoms with Crippen LogP contribution in [0.5, 0.6) is 5.75 Å². The lowest BCUT2D eigenvalue weighted by atomic mass is 10.1. The lowest BCUT2D eigenvalue weighted by molar-refractivity contribution is 0.0958. The third kappa shape index (κ3) is 3.78. The summed E-state index contributed by atoms with van der Waals surface area (Å²) >= 11 is 0. The molecule has 1 N–H and O–H groups in total. The molecule has 0 bridgehead atoms. The van der Waals surface area contributed by atoms with Crippen molar-refractivity contribution >= 4 is 22.5 Å². The van der Waals surface area contributed by atoms with E-state index >= 15 is 0 Å². The van der Waals surface area contributed by atoms with Crippen LogP contribution in [-0.4, -0.2) is 18.0 Å². The molecule has 146 valence electrons. The number of aromatic nitrogens is 1. The highest BCUT2D eigenvalue weighted by Crippen LogP contribution is 2.23. The lowest BCUT2D eigenvalue weighted by Gasteiger charge is -2.22. The molecule has 2 aromatic carbocycles. The second-order valence-corrected chi connectivity index (χ2v) is 6.78. The van der Waals surface area contributed by atoms with E-state index in [1.54, 1.807) is 42.3 Å². The largest absolute Gasteiger partial charge is 0.497 e. The van der Waals surface area contributed by atoms with Crippen molar-refractivity contribution in [1.29, 1.82) is 0 Å². The van der Waals surface area contributed by atoms with Gasteiger partial charge in [-0.05, 0) is 61.0 Å². The van der Waals surface area contributed by atoms with Crippen LogP contribution < -0.4 is 15.2 Å². The van der Waals surface area contributed by atoms with Crippen molar-refractivity contribution in [3.63, 3.8) is 0 Å². The van der Waals surface area contributed by atoms with Crippen molar-refractivity contribution in [2.45, 2.75) is 13.5 Å². The fourth-order valence-electron chi connectivity index (χ4n) is 3.25. The zero-order chi connectivity index (χ0) is 20.4. The van der Waals surface area contributed by atoms with E-state index in [0.717, 1.165) is 10.9 Å². The van der Waals surface area contributed by atoms with E-state index in [0.29, 0.717) is 22.5 Å². The number of rotatable bonds is 5. The van der Waals surface area contributed by atoms with Crippen LogP contribution in [0.25, 0.3) is 10.9 Å². The van der Waals surface area contributed by atoms with Gasteiger partial charge in [-0.1, -0.05) is 12.1 Å². The standard InChI is InChI=1S/C23H20N2O4/c1-15-5-3-6-18(11-15)25(23(27)21-7-4-10-29-21)14-17-12-16-13-19(28-2)8-9-20(16)24-22(17)26/h3-13H,14H2,1-2H3,(H,24,26). The maximum atomic E-state index is 13.1. The van der Waals surface area contributed by atoms with E-state index in [-0.39, 0.29) is 23.8 Å². The van der Waals surface area contributed by atoms with Crippen LogP contribution in [-0.2, 0) is 6.54 Å². The predicted octanol–water partition coefficient (Wildman–Crippen LogP) is 4.29. The Morgan fingerprint density at radius 2 is 1.97 bits per heavy atom. The molecule has 0 saturated heterocycles. The number of H-pyrrole nitrogens is 1. The number of ether oxygens (including phenoxy) is 1. The molecule has 29 heavy (non-hydrogen) atoms. The number of benzene rings is 2. The van der Waals surface area contributed by atoms with E-state index in [1.165, 1.54) is 6.26 Å². The second-order valence-electron chi connectivity index (χ2n) is 6.78. The maximum Gasteiger partial charge on any atom is 0.294 e. The highest BCUT2D eigenvalue weighted by atomic mass is 16.5. The number of aryl methyl sites for hydroxylation is 1. The molecular formula is C23H20N2O4. The molecule has 0 aliphatic heterocycles. The van der Waals surface area contributed by atoms with Crippen molar-refractivity contribution < 1.29 is 13.9 Å². The molecule has 2 heterocycles. The fourth-order valence-corrected chi connectivity index (χ4v) is 3.25. The van der Waals surface area contributed by atoms with Gasteiger partial charge in [0, 0.05) is 22.2 Å². The zero-order valence-electron chi connectivity index (χ0n) is 16.1. The number of nitrogens with one attached hydrogen (secondary N) is 1. The van der Waals surface area contributed by atoms with Gasteiger partial charge in [-0.15, -0.1) is 0 Å². The minimum atomic E-state index is -0.314. The van der Waals surface area contributed by atoms with Crippen LogP contribution in [0.15, 0.2) is 76.1 Å². The summed E-state index contributed by atoms with van der Waals surface area (Å²) in [6.07, 6.45) is 1.46. The number of pyridine rings is 1. The molecule has 0 aliphatic rings. The van der Waals surface area contributed by atoms with Gasteiger partial charge in [-0.2, -0.15) is 0 Å². The molecule has 0 atom stereocenters. The molecule has 6 heteroatoms. The normalized spacial score (nSPS) is 10.8. The summed E-state index contributed by atoms with van der Waals surface area (Å²) in [6, 6.07) is 18.1. The number of carbonyl (C=O) groups excluding carboxylic acids is 1. The Kier molecular flexibility index (Phi) is 4.91. The quantitative estimate of drug-likeness (QED) is 0.554. The van der Waals surface area contributed by atoms with Crippen molar-refractivity contribution in [3.8, 4) is 5.75 Å². The first-order valence-corrected chi connectivity index (χ1v) is 9.17. The summed E-state index contributed by atoms with van der Waals surface area (Å²) in [5.41, 5.74) is 2.63. The summed E-state index contributed by atoms with van der Waals surface area (Å²) in [7, 11) is 1.59. The average Bonchev–Trinajstić information content (AvgIpc) is 3.26. The molecule has 0 spiro atoms. The molecule has 0 fully saturated rings. The molecule has 6 nitrogen and oxygen atoms in total. The van der Waals surface area contributed by atoms with E-state index in [9.17, 15) is 9.59 Å². The topological polar surface area (TPSA) is 75.5 Å². The minimum Gasteiger partial charge on any atom is -0.497 e. The van der Waals surface area contributed by atoms with E-state index in [1.807, 2.05) is 37.3 Å². The van der Waals surface area contributed by atoms with Gasteiger partial charge in [-0.25, -0.2) is 0 Å². The van der Waals surface area contributed by atoms with Crippen molar-refractivity contribution in [2.75, 3.05) is 12.0 Å². The van der Waals surface area contributed by atoms with Crippen LogP contribution in [0, 0.1) is 6.92 Å². The van der Waals surface area contributed by atoms with Gasteiger partial charge in [0.05, 0.1) is 19.9 Å². The summed E-state index contributed by atoms with van der Waals surface area (Å²) in [6.45, 7) is 2.06. The van der Waals surface area contributed by atoms with Crippen molar-refractivity contribution in [1.82, 2.24) is 4.98 Å². The van der Waals surface area contributed by atoms with Crippen LogP contribution in [0.3, 0.4) is 0 Å². The van der Waals surface area contributed by atoms with Crippen LogP contribution >= 0.6 is 0 Å². The molecule has 4 rings (SSSR count). The summed E-state index contributed by atoms with van der Waals surface area (Å²) in [5, 5.41) is 0.827. The first-order chi connectivity index (χ1) is 14.0. The Morgan fingerprint density at radius 1 is 1.10 bits per heavy atom. The van der Waals surface area contributed by atoms with Gasteiger partial charge in [0.1, 0.15) is 5.75 Å². The number of methoxy groups -OCH3 is 1. The minimum absolute atomic E-state index is 0.103. The molecule has 0 saturated carbocycles. The van der Waals surface area contributed by atoms with Gasteiger partial charge in [-0.3, -0.25) is 9.59 Å². The molecule has 0 radical (unpaired) electrons. The van der Waals surface area contributed by atoms with Crippen LogP contribution in [0.1, 0.15) is 21.7 Å². The summed E-state index contributed by atoms with van der Waals surface area (Å²) in [4.78, 5) is 30.2. The first kappa shape index (κ1) is 18.6. The van der Waals surface area contributed by atoms with E-state index < -0.39 is 0 Å². The van der Waals surface area contributed by atoms with Crippen molar-refractivity contribution in [2.24, 2.45) is 0 Å². The number of anilines is 1. The molecule has 1 amide bonds. The third-order valence-electron chi connectivity index (χ3n) is 4.75. The number of amides is 1. The first-order valence-electron chi connectivity index (χ1n) is 9.17. The van der Waals surface area contributed by atoms with E-state index in [2.05, 4.69) is 4.98 Å². The van der Waals surface area contributed by atoms with Crippen molar-refractivity contribution in [3.05, 3.63) is 94.2 Å². The number of aromatic amines is 1. The van der Waals surface area contributed by atoms with Gasteiger partial charge in [0.2, 0.25) is 0 Å². The second kappa shape index (κ2) is 7.67. The number of furan rings is 1.